The van der Waals surface area contributed by atoms with E-state index in [1.165, 1.54) is 0 Å². The summed E-state index contributed by atoms with van der Waals surface area (Å²) in [4.78, 5) is 14.6. The first-order valence-corrected chi connectivity index (χ1v) is 8.47. The Labute approximate surface area is 138 Å². The fourth-order valence-corrected chi connectivity index (χ4v) is 2.92. The second-order valence-electron chi connectivity index (χ2n) is 6.17. The van der Waals surface area contributed by atoms with Crippen LogP contribution >= 0.6 is 0 Å². The van der Waals surface area contributed by atoms with Gasteiger partial charge in [0, 0.05) is 25.2 Å². The topological polar surface area (TPSA) is 70.4 Å². The van der Waals surface area contributed by atoms with Crippen molar-refractivity contribution < 1.29 is 9.90 Å². The molecule has 1 aliphatic rings. The highest BCUT2D eigenvalue weighted by molar-refractivity contribution is 5.92. The summed E-state index contributed by atoms with van der Waals surface area (Å²) in [6, 6.07) is 0. The standard InChI is InChI=1S/C17H28N4O2/c1-3-5-6-16(22)13-20-9-7-14(8-10-20)17(23)19-15-11-18-21(4-2)12-15/h3,11-12,14,16,22H,1,4-10,13H2,2H3,(H,19,23). The molecule has 1 aromatic rings. The fourth-order valence-electron chi connectivity index (χ4n) is 2.92. The molecule has 0 radical (unpaired) electrons. The number of aliphatic hydroxyl groups is 1. The fraction of sp³-hybridized carbons (Fsp3) is 0.647. The maximum absolute atomic E-state index is 12.3. The molecule has 1 aromatic heterocycles. The Bertz CT molecular complexity index is 506. The molecule has 1 fully saturated rings. The molecule has 2 rings (SSSR count). The molecule has 2 heterocycles. The third kappa shape index (κ3) is 5.48. The van der Waals surface area contributed by atoms with Crippen LogP contribution in [0.3, 0.4) is 0 Å². The van der Waals surface area contributed by atoms with Gasteiger partial charge >= 0.3 is 0 Å². The Balaban J connectivity index is 1.72. The average molecular weight is 320 g/mol. The Morgan fingerprint density at radius 3 is 2.91 bits per heavy atom. The van der Waals surface area contributed by atoms with E-state index in [9.17, 15) is 9.90 Å². The van der Waals surface area contributed by atoms with Crippen LogP contribution in [0.4, 0.5) is 5.69 Å². The van der Waals surface area contributed by atoms with Crippen molar-refractivity contribution in [1.82, 2.24) is 14.7 Å². The molecule has 1 aliphatic heterocycles. The van der Waals surface area contributed by atoms with Crippen LogP contribution in [0.25, 0.3) is 0 Å². The molecule has 128 valence electrons. The van der Waals surface area contributed by atoms with Crippen LogP contribution in [-0.4, -0.2) is 51.4 Å². The summed E-state index contributed by atoms with van der Waals surface area (Å²) in [5, 5.41) is 17.1. The molecule has 2 N–H and O–H groups in total. The van der Waals surface area contributed by atoms with Crippen molar-refractivity contribution in [2.45, 2.75) is 45.3 Å². The Morgan fingerprint density at radius 2 is 2.30 bits per heavy atom. The van der Waals surface area contributed by atoms with Gasteiger partial charge in [-0.3, -0.25) is 9.48 Å². The number of likely N-dealkylation sites (tertiary alicyclic amines) is 1. The van der Waals surface area contributed by atoms with Crippen molar-refractivity contribution in [3.8, 4) is 0 Å². The van der Waals surface area contributed by atoms with Gasteiger partial charge in [-0.15, -0.1) is 6.58 Å². The number of hydrogen-bond acceptors (Lipinski definition) is 4. The summed E-state index contributed by atoms with van der Waals surface area (Å²) >= 11 is 0. The van der Waals surface area contributed by atoms with Gasteiger partial charge in [0.1, 0.15) is 0 Å². The second-order valence-corrected chi connectivity index (χ2v) is 6.17. The van der Waals surface area contributed by atoms with Crippen molar-refractivity contribution in [3.05, 3.63) is 25.0 Å². The Morgan fingerprint density at radius 1 is 1.57 bits per heavy atom. The van der Waals surface area contributed by atoms with E-state index < -0.39 is 0 Å². The van der Waals surface area contributed by atoms with Crippen LogP contribution in [0.1, 0.15) is 32.6 Å². The molecular weight excluding hydrogens is 292 g/mol. The molecule has 0 spiro atoms. The summed E-state index contributed by atoms with van der Waals surface area (Å²) in [5.74, 6) is 0.119. The minimum atomic E-state index is -0.307. The third-order valence-electron chi connectivity index (χ3n) is 4.36. The molecule has 6 nitrogen and oxygen atoms in total. The zero-order chi connectivity index (χ0) is 16.7. The van der Waals surface area contributed by atoms with E-state index >= 15 is 0 Å². The maximum Gasteiger partial charge on any atom is 0.227 e. The number of nitrogens with one attached hydrogen (secondary N) is 1. The predicted octanol–water partition coefficient (Wildman–Crippen LogP) is 1.88. The SMILES string of the molecule is C=CCCC(O)CN1CCC(C(=O)Nc2cnn(CC)c2)CC1. The quantitative estimate of drug-likeness (QED) is 0.718. The van der Waals surface area contributed by atoms with Crippen LogP contribution in [0.5, 0.6) is 0 Å². The molecule has 0 saturated carbocycles. The number of aliphatic hydroxyl groups excluding tert-OH is 1. The number of aryl methyl sites for hydroxylation is 1. The van der Waals surface area contributed by atoms with E-state index in [2.05, 4.69) is 21.9 Å². The zero-order valence-electron chi connectivity index (χ0n) is 13.9. The predicted molar refractivity (Wildman–Crippen MR) is 91.1 cm³/mol. The Kier molecular flexibility index (Phi) is 6.80. The summed E-state index contributed by atoms with van der Waals surface area (Å²) in [6.07, 6.45) is 8.33. The maximum atomic E-state index is 12.3. The largest absolute Gasteiger partial charge is 0.392 e. The number of β-amino-alcohol motifs (C(OH)–C–C–N with tert-alkyl or cyclic N) is 1. The number of anilines is 1. The first-order valence-electron chi connectivity index (χ1n) is 8.47. The van der Waals surface area contributed by atoms with Gasteiger partial charge in [0.05, 0.1) is 18.0 Å². The normalized spacial score (nSPS) is 17.8. The van der Waals surface area contributed by atoms with Gasteiger partial charge in [0.25, 0.3) is 0 Å². The highest BCUT2D eigenvalue weighted by Crippen LogP contribution is 2.20. The first-order chi connectivity index (χ1) is 11.1. The minimum Gasteiger partial charge on any atom is -0.392 e. The van der Waals surface area contributed by atoms with Crippen LogP contribution in [-0.2, 0) is 11.3 Å². The van der Waals surface area contributed by atoms with Crippen molar-refractivity contribution in [1.29, 1.82) is 0 Å². The van der Waals surface area contributed by atoms with Crippen LogP contribution in [0.2, 0.25) is 0 Å². The van der Waals surface area contributed by atoms with Gasteiger partial charge in [0.2, 0.25) is 5.91 Å². The molecular formula is C17H28N4O2. The summed E-state index contributed by atoms with van der Waals surface area (Å²) in [7, 11) is 0. The van der Waals surface area contributed by atoms with Crippen molar-refractivity contribution >= 4 is 11.6 Å². The van der Waals surface area contributed by atoms with Crippen molar-refractivity contribution in [3.63, 3.8) is 0 Å². The monoisotopic (exact) mass is 320 g/mol. The van der Waals surface area contributed by atoms with Crippen molar-refractivity contribution in [2.75, 3.05) is 25.0 Å². The van der Waals surface area contributed by atoms with E-state index in [0.717, 1.165) is 51.0 Å². The lowest BCUT2D eigenvalue weighted by atomic mass is 9.95. The smallest absolute Gasteiger partial charge is 0.227 e. The minimum absolute atomic E-state index is 0.0431. The van der Waals surface area contributed by atoms with Gasteiger partial charge in [-0.1, -0.05) is 6.08 Å². The molecule has 1 amide bonds. The molecule has 23 heavy (non-hydrogen) atoms. The molecule has 0 bridgehead atoms. The highest BCUT2D eigenvalue weighted by atomic mass is 16.3. The van der Waals surface area contributed by atoms with Crippen molar-refractivity contribution in [2.24, 2.45) is 5.92 Å². The first kappa shape index (κ1) is 17.7. The number of piperidine rings is 1. The van der Waals surface area contributed by atoms with Crippen LogP contribution < -0.4 is 5.32 Å². The summed E-state index contributed by atoms with van der Waals surface area (Å²) in [5.41, 5.74) is 0.763. The molecule has 1 saturated heterocycles. The van der Waals surface area contributed by atoms with E-state index in [-0.39, 0.29) is 17.9 Å². The van der Waals surface area contributed by atoms with Gasteiger partial charge in [-0.2, -0.15) is 5.10 Å². The molecule has 1 unspecified atom stereocenters. The number of rotatable bonds is 8. The molecule has 6 heteroatoms. The average Bonchev–Trinajstić information content (AvgIpc) is 3.01. The summed E-state index contributed by atoms with van der Waals surface area (Å²) in [6.45, 7) is 8.88. The van der Waals surface area contributed by atoms with E-state index in [0.29, 0.717) is 6.54 Å². The molecule has 1 atom stereocenters. The number of nitrogens with zero attached hydrogens (tertiary/aromatic N) is 3. The van der Waals surface area contributed by atoms with Crippen LogP contribution in [0, 0.1) is 5.92 Å². The number of allylic oxidation sites excluding steroid dienone is 1. The molecule has 0 aliphatic carbocycles. The van der Waals surface area contributed by atoms with Gasteiger partial charge in [-0.05, 0) is 45.7 Å². The lowest BCUT2D eigenvalue weighted by molar-refractivity contribution is -0.121. The second kappa shape index (κ2) is 8.84. The third-order valence-corrected chi connectivity index (χ3v) is 4.36. The van der Waals surface area contributed by atoms with E-state index in [1.54, 1.807) is 10.9 Å². The number of hydrogen-bond donors (Lipinski definition) is 2. The highest BCUT2D eigenvalue weighted by Gasteiger charge is 2.26. The van der Waals surface area contributed by atoms with Crippen LogP contribution in [0.15, 0.2) is 25.0 Å². The zero-order valence-corrected chi connectivity index (χ0v) is 13.9. The number of amides is 1. The number of carbonyl (C=O) groups excluding carboxylic acids is 1. The van der Waals surface area contributed by atoms with Gasteiger partial charge in [-0.25, -0.2) is 0 Å². The molecule has 0 aromatic carbocycles. The summed E-state index contributed by atoms with van der Waals surface area (Å²) < 4.78 is 1.79. The van der Waals surface area contributed by atoms with E-state index in [4.69, 9.17) is 0 Å². The van der Waals surface area contributed by atoms with Gasteiger partial charge < -0.3 is 15.3 Å². The Hall–Kier alpha value is -1.66. The number of aromatic nitrogens is 2. The van der Waals surface area contributed by atoms with E-state index in [1.807, 2.05) is 19.2 Å². The lowest BCUT2D eigenvalue weighted by Crippen LogP contribution is -2.41. The number of carbonyl (C=O) groups is 1. The van der Waals surface area contributed by atoms with Gasteiger partial charge in [0.15, 0.2) is 0 Å². The lowest BCUT2D eigenvalue weighted by Gasteiger charge is -2.32.